The number of unbranched alkanes of at least 4 members (excludes halogenated alkanes) is 43. The van der Waals surface area contributed by atoms with E-state index < -0.39 is 26.5 Å². The number of phosphoric acid groups is 1. The van der Waals surface area contributed by atoms with E-state index in [0.29, 0.717) is 23.9 Å². The van der Waals surface area contributed by atoms with Gasteiger partial charge in [0.05, 0.1) is 27.7 Å². The minimum atomic E-state index is -4.40. The van der Waals surface area contributed by atoms with E-state index in [4.69, 9.17) is 18.5 Å². The van der Waals surface area contributed by atoms with Gasteiger partial charge in [-0.15, -0.1) is 0 Å². The molecule has 2 unspecified atom stereocenters. The van der Waals surface area contributed by atoms with E-state index in [2.05, 4.69) is 123 Å². The second-order valence-corrected chi connectivity index (χ2v) is 29.8. The SMILES string of the molecule is CC/C=C\C/C=C\C/C=C\C/C=C\C/C=C\CCCCCCCCCCCCCCCCCC(=O)OC(COC(=O)CCCCCCCCCCCCCCCCCCCCCCCCCCCCCC/C=C\C/C=C\C/C=C\C/C=C\CC)COP(=O)(O)OCC[N+](C)(C)C. The highest BCUT2D eigenvalue weighted by molar-refractivity contribution is 7.47. The normalized spacial score (nSPS) is 13.6. The highest BCUT2D eigenvalue weighted by atomic mass is 31.2. The van der Waals surface area contributed by atoms with E-state index in [1.165, 1.54) is 250 Å². The molecular weight excluding hydrogens is 1210 g/mol. The quantitative estimate of drug-likeness (QED) is 0.0211. The van der Waals surface area contributed by atoms with Gasteiger partial charge in [0.2, 0.25) is 0 Å². The van der Waals surface area contributed by atoms with Crippen molar-refractivity contribution in [1.29, 1.82) is 0 Å². The van der Waals surface area contributed by atoms with Crippen molar-refractivity contribution < 1.29 is 42.1 Å². The predicted octanol–water partition coefficient (Wildman–Crippen LogP) is 27.2. The molecule has 0 bridgehead atoms. The smallest absolute Gasteiger partial charge is 0.462 e. The molecule has 0 aromatic rings. The van der Waals surface area contributed by atoms with E-state index in [1.807, 2.05) is 21.1 Å². The number of carbonyl (C=O) groups excluding carboxylic acids is 2. The molecule has 9 nitrogen and oxygen atoms in total. The summed E-state index contributed by atoms with van der Waals surface area (Å²) in [6.45, 7) is 4.26. The number of nitrogens with zero attached hydrogens (tertiary/aromatic N) is 1. The van der Waals surface area contributed by atoms with Crippen molar-refractivity contribution in [2.45, 2.75) is 380 Å². The maximum Gasteiger partial charge on any atom is 0.472 e. The van der Waals surface area contributed by atoms with Crippen molar-refractivity contribution >= 4 is 19.8 Å². The maximum atomic E-state index is 12.9. The fourth-order valence-corrected chi connectivity index (χ4v) is 12.4. The van der Waals surface area contributed by atoms with Gasteiger partial charge in [-0.25, -0.2) is 4.57 Å². The van der Waals surface area contributed by atoms with E-state index in [0.717, 1.165) is 89.9 Å². The Morgan fingerprint density at radius 1 is 0.323 bits per heavy atom. The summed E-state index contributed by atoms with van der Waals surface area (Å²) in [5.74, 6) is -0.782. The Kier molecular flexibility index (Phi) is 73.2. The predicted molar refractivity (Wildman–Crippen MR) is 418 cm³/mol. The molecule has 1 N–H and O–H groups in total. The first kappa shape index (κ1) is 92.7. The first-order chi connectivity index (χ1) is 47.0. The molecule has 0 aliphatic rings. The molecule has 0 saturated carbocycles. The van der Waals surface area contributed by atoms with Gasteiger partial charge >= 0.3 is 19.8 Å². The molecular formula is C86H155NO8P+. The van der Waals surface area contributed by atoms with Crippen LogP contribution in [0.5, 0.6) is 0 Å². The molecule has 0 amide bonds. The summed E-state index contributed by atoms with van der Waals surface area (Å²) >= 11 is 0. The van der Waals surface area contributed by atoms with Gasteiger partial charge in [-0.2, -0.15) is 0 Å². The zero-order chi connectivity index (χ0) is 69.7. The van der Waals surface area contributed by atoms with Crippen LogP contribution in [-0.4, -0.2) is 74.9 Å². The number of likely N-dealkylation sites (N-methyl/N-ethyl adjacent to an activating group) is 1. The lowest BCUT2D eigenvalue weighted by Crippen LogP contribution is -2.37. The number of hydrogen-bond donors (Lipinski definition) is 1. The van der Waals surface area contributed by atoms with Crippen LogP contribution in [0.2, 0.25) is 0 Å². The molecule has 0 rings (SSSR count). The maximum absolute atomic E-state index is 12.9. The average molecular weight is 1360 g/mol. The Morgan fingerprint density at radius 2 is 0.562 bits per heavy atom. The second-order valence-electron chi connectivity index (χ2n) is 28.4. The minimum absolute atomic E-state index is 0.0309. The highest BCUT2D eigenvalue weighted by Crippen LogP contribution is 2.43. The number of carbonyl (C=O) groups is 2. The Morgan fingerprint density at radius 3 is 0.833 bits per heavy atom. The molecule has 0 spiro atoms. The summed E-state index contributed by atoms with van der Waals surface area (Å²) in [4.78, 5) is 36.0. The van der Waals surface area contributed by atoms with Crippen LogP contribution in [0.3, 0.4) is 0 Å². The van der Waals surface area contributed by atoms with E-state index in [9.17, 15) is 19.0 Å². The van der Waals surface area contributed by atoms with Crippen molar-refractivity contribution in [3.05, 3.63) is 109 Å². The number of hydrogen-bond acceptors (Lipinski definition) is 7. The fourth-order valence-electron chi connectivity index (χ4n) is 11.7. The Balaban J connectivity index is 3.90. The van der Waals surface area contributed by atoms with Gasteiger partial charge in [-0.1, -0.05) is 374 Å². The van der Waals surface area contributed by atoms with Crippen molar-refractivity contribution in [2.75, 3.05) is 47.5 Å². The second kappa shape index (κ2) is 75.9. The minimum Gasteiger partial charge on any atom is -0.462 e. The van der Waals surface area contributed by atoms with Gasteiger partial charge in [0.25, 0.3) is 0 Å². The lowest BCUT2D eigenvalue weighted by molar-refractivity contribution is -0.870. The molecule has 96 heavy (non-hydrogen) atoms. The first-order valence-electron chi connectivity index (χ1n) is 40.6. The van der Waals surface area contributed by atoms with Crippen LogP contribution in [0.1, 0.15) is 373 Å². The van der Waals surface area contributed by atoms with Gasteiger partial charge in [-0.05, 0) is 96.3 Å². The van der Waals surface area contributed by atoms with Gasteiger partial charge in [0, 0.05) is 12.8 Å². The van der Waals surface area contributed by atoms with E-state index >= 15 is 0 Å². The monoisotopic (exact) mass is 1360 g/mol. The lowest BCUT2D eigenvalue weighted by atomic mass is 10.0. The largest absolute Gasteiger partial charge is 0.472 e. The molecule has 0 fully saturated rings. The third-order valence-corrected chi connectivity index (χ3v) is 18.8. The molecule has 0 radical (unpaired) electrons. The van der Waals surface area contributed by atoms with Crippen molar-refractivity contribution in [2.24, 2.45) is 0 Å². The summed E-state index contributed by atoms with van der Waals surface area (Å²) in [7, 11) is 1.49. The van der Waals surface area contributed by atoms with Gasteiger partial charge in [-0.3, -0.25) is 18.6 Å². The summed E-state index contributed by atoms with van der Waals surface area (Å²) in [5, 5.41) is 0. The molecule has 0 aliphatic heterocycles. The van der Waals surface area contributed by atoms with Crippen LogP contribution in [0.4, 0.5) is 0 Å². The zero-order valence-corrected chi connectivity index (χ0v) is 64.5. The van der Waals surface area contributed by atoms with Crippen LogP contribution in [0.25, 0.3) is 0 Å². The standard InChI is InChI=1S/C86H154NO8P/c1-6-8-10-12-14-16-18-20-22-24-26-28-30-32-34-36-38-39-40-41-42-43-44-45-46-47-49-50-52-54-56-58-60-62-64-66-68-70-72-74-76-78-85(88)92-82-84(83-94-96(90,91)93-81-80-87(3,4)5)95-86(89)79-77-75-73-71-69-67-65-63-61-59-57-55-53-51-48-37-35-33-31-29-27-25-23-21-19-17-15-13-11-9-7-2/h8-11,14-17,20-23,26-29,33,35,84H,6-7,12-13,18-19,24-25,30-32,34,36-83H2,1-5H3/p+1/b10-8-,11-9-,16-14-,17-15-,22-20-,23-21-,28-26-,29-27-,35-33-. The summed E-state index contributed by atoms with van der Waals surface area (Å²) in [6.07, 6.45) is 108. The first-order valence-corrected chi connectivity index (χ1v) is 42.1. The topological polar surface area (TPSA) is 108 Å². The number of phosphoric ester groups is 1. The van der Waals surface area contributed by atoms with Crippen LogP contribution >= 0.6 is 7.82 Å². The summed E-state index contributed by atoms with van der Waals surface area (Å²) < 4.78 is 34.8. The Labute approximate surface area is 595 Å². The van der Waals surface area contributed by atoms with Crippen molar-refractivity contribution in [1.82, 2.24) is 0 Å². The van der Waals surface area contributed by atoms with Crippen molar-refractivity contribution in [3.63, 3.8) is 0 Å². The van der Waals surface area contributed by atoms with Gasteiger partial charge in [0.15, 0.2) is 6.10 Å². The number of ether oxygens (including phenoxy) is 2. The van der Waals surface area contributed by atoms with Crippen molar-refractivity contribution in [3.8, 4) is 0 Å². The molecule has 0 heterocycles. The molecule has 0 aromatic heterocycles. The Bertz CT molecular complexity index is 1990. The summed E-state index contributed by atoms with van der Waals surface area (Å²) in [6, 6.07) is 0. The third kappa shape index (κ3) is 79.7. The van der Waals surface area contributed by atoms with Gasteiger partial charge in [0.1, 0.15) is 19.8 Å². The number of esters is 2. The van der Waals surface area contributed by atoms with Crippen LogP contribution < -0.4 is 0 Å². The summed E-state index contributed by atoms with van der Waals surface area (Å²) in [5.41, 5.74) is 0. The molecule has 0 aliphatic carbocycles. The highest BCUT2D eigenvalue weighted by Gasteiger charge is 2.27. The number of allylic oxidation sites excluding steroid dienone is 18. The van der Waals surface area contributed by atoms with E-state index in [-0.39, 0.29) is 25.6 Å². The van der Waals surface area contributed by atoms with Crippen LogP contribution in [-0.2, 0) is 32.7 Å². The average Bonchev–Trinajstić information content (AvgIpc) is 1.97. The number of quaternary nitrogens is 1. The molecule has 0 saturated heterocycles. The van der Waals surface area contributed by atoms with E-state index in [1.54, 1.807) is 0 Å². The van der Waals surface area contributed by atoms with Crippen LogP contribution in [0.15, 0.2) is 109 Å². The molecule has 0 aromatic carbocycles. The third-order valence-electron chi connectivity index (χ3n) is 17.8. The van der Waals surface area contributed by atoms with Crippen LogP contribution in [0, 0.1) is 0 Å². The Hall–Kier alpha value is -3.33. The molecule has 2 atom stereocenters. The zero-order valence-electron chi connectivity index (χ0n) is 63.6. The van der Waals surface area contributed by atoms with Gasteiger partial charge < -0.3 is 18.9 Å². The number of rotatable bonds is 75. The fraction of sp³-hybridized carbons (Fsp3) is 0.767. The molecule has 10 heteroatoms. The lowest BCUT2D eigenvalue weighted by Gasteiger charge is -2.24. The molecule has 556 valence electrons.